The Morgan fingerprint density at radius 1 is 0.527 bits per heavy atom. The Labute approximate surface area is 762 Å². The van der Waals surface area contributed by atoms with Gasteiger partial charge in [0.05, 0.1) is 44.7 Å². The minimum atomic E-state index is -1.85. The number of aliphatic hydroxyl groups excluding tert-OH is 1. The molecule has 0 spiro atoms. The summed E-state index contributed by atoms with van der Waals surface area (Å²) in [6, 6.07) is 4.41. The van der Waals surface area contributed by atoms with Gasteiger partial charge in [-0.1, -0.05) is 120 Å². The fourth-order valence-corrected chi connectivity index (χ4v) is 16.5. The number of hydrogen-bond donors (Lipinski definition) is 19. The lowest BCUT2D eigenvalue weighted by Crippen LogP contribution is -2.61. The fraction of sp³-hybridized carbons (Fsp3) is 0.511. The number of unbranched alkanes of at least 4 members (excludes halogenated alkanes) is 2. The average Bonchev–Trinajstić information content (AvgIpc) is 1.77. The van der Waals surface area contributed by atoms with Crippen molar-refractivity contribution >= 4 is 140 Å². The Morgan fingerprint density at radius 3 is 1.63 bits per heavy atom. The first-order valence-corrected chi connectivity index (χ1v) is 44.9. The summed E-state index contributed by atoms with van der Waals surface area (Å²) in [5, 5.41) is 49.3. The summed E-state index contributed by atoms with van der Waals surface area (Å²) in [6.45, 7) is 3.84. The number of fused-ring (bicyclic) bond motifs is 3. The number of nitrogens with one attached hydrogen (secondary N) is 15. The number of hydrogen-bond acceptors (Lipinski definition) is 21. The lowest BCUT2D eigenvalue weighted by atomic mass is 10.00. The molecular weight excluding hydrogens is 1710 g/mol. The Morgan fingerprint density at radius 2 is 1.05 bits per heavy atom. The van der Waals surface area contributed by atoms with Gasteiger partial charge in [-0.15, -0.1) is 11.8 Å². The summed E-state index contributed by atoms with van der Waals surface area (Å²) in [6.07, 6.45) is 6.04. The first kappa shape index (κ1) is 103. The van der Waals surface area contributed by atoms with Crippen LogP contribution in [-0.4, -0.2) is 307 Å². The number of rotatable bonds is 26. The van der Waals surface area contributed by atoms with Crippen LogP contribution in [0.2, 0.25) is 0 Å². The van der Waals surface area contributed by atoms with E-state index in [1.165, 1.54) is 40.7 Å². The molecular formula is C88H124N24O18S. The van der Waals surface area contributed by atoms with E-state index in [4.69, 9.17) is 22.6 Å². The standard InChI is InChI=1S/C88H124N24O18S/c1-9-11-29-68-81(124)102-59(28-20-32-94-88(91)92)77(120)107-67(76(119)97-43-72(90)115)47-131-48-75(118)101-63(35-51-22-14-13-15-23-51)84(127)109(6)45-74(117)100-65(39-71(89)114)86(129)112-33-21-31-69(112)82(125)103-61(38-54-42-93-49-98-54)79(122)104-62(34-50(3)4)83(126)108(5)44-73(116)99-60(36-52-40-95-57-26-18-16-24-55(52)57)78(121)106-66(46-113)80(123)105-64(37-53-41-96-58-27-19-17-25-56(53)58)85(128)111(8)70(30-12-10-2)87(130)110(68)7/h13-19,22-27,40-42,49-50,59-70,95-96,113H,9-12,20-21,28-39,43-48H2,1-8H3,(H2,89,114)(H2,90,115)(H,93,98)(H,97,119)(H,99,116)(H,100,117)(H,101,118)(H,102,124)(H,103,125)(H,104,122)(H,105,123)(H,106,121)(H,107,120)(H4,91,92,94)/t59-,60-,61-,62-,63-,64-,65-,66-,67-,68-,69-,70-/m0/s1. The number of aromatic nitrogens is 4. The number of para-hydroxylation sites is 2. The normalized spacial score (nSPS) is 23.0. The Balaban J connectivity index is 1.17. The highest BCUT2D eigenvalue weighted by atomic mass is 32.2. The molecule has 131 heavy (non-hydrogen) atoms. The second-order valence-corrected chi connectivity index (χ2v) is 34.3. The van der Waals surface area contributed by atoms with Crippen LogP contribution in [0.15, 0.2) is 104 Å². The molecule has 6 aromatic rings. The number of aliphatic hydroxyl groups is 1. The zero-order valence-corrected chi connectivity index (χ0v) is 75.8. The van der Waals surface area contributed by atoms with Crippen molar-refractivity contribution < 1.29 is 86.6 Å². The highest BCUT2D eigenvalue weighted by molar-refractivity contribution is 8.00. The van der Waals surface area contributed by atoms with E-state index in [-0.39, 0.29) is 89.6 Å². The molecule has 43 heteroatoms. The minimum Gasteiger partial charge on any atom is -0.394 e. The van der Waals surface area contributed by atoms with E-state index in [1.54, 1.807) is 105 Å². The van der Waals surface area contributed by atoms with Gasteiger partial charge in [-0.25, -0.2) is 4.98 Å². The number of amides is 17. The Hall–Kier alpha value is -13.5. The monoisotopic (exact) mass is 1840 g/mol. The molecule has 0 saturated carbocycles. The third kappa shape index (κ3) is 30.6. The number of nitrogens with two attached hydrogens (primary N) is 3. The number of H-pyrrole nitrogens is 3. The molecule has 0 aliphatic carbocycles. The van der Waals surface area contributed by atoms with Crippen LogP contribution in [0.25, 0.3) is 21.8 Å². The van der Waals surface area contributed by atoms with Crippen LogP contribution in [0, 0.1) is 11.3 Å². The highest BCUT2D eigenvalue weighted by Gasteiger charge is 2.44. The molecule has 12 atom stereocenters. The summed E-state index contributed by atoms with van der Waals surface area (Å²) >= 11 is 0.795. The average molecular weight is 1840 g/mol. The van der Waals surface area contributed by atoms with Crippen LogP contribution in [-0.2, 0) is 107 Å². The van der Waals surface area contributed by atoms with Gasteiger partial charge >= 0.3 is 0 Å². The number of carbonyl (C=O) groups is 17. The number of likely N-dealkylation sites (N-methyl/N-ethyl adjacent to an activating group) is 4. The van der Waals surface area contributed by atoms with Crippen LogP contribution in [0.3, 0.4) is 0 Å². The van der Waals surface area contributed by atoms with Gasteiger partial charge < -0.3 is 120 Å². The van der Waals surface area contributed by atoms with Gasteiger partial charge in [-0.3, -0.25) is 86.9 Å². The maximum Gasteiger partial charge on any atom is 0.246 e. The lowest BCUT2D eigenvalue weighted by Gasteiger charge is -2.36. The quantitative estimate of drug-likeness (QED) is 0.0151. The minimum absolute atomic E-state index is 0.00204. The van der Waals surface area contributed by atoms with Crippen LogP contribution < -0.4 is 75.7 Å². The molecule has 2 aliphatic rings. The maximum absolute atomic E-state index is 15.7. The molecule has 8 rings (SSSR count). The van der Waals surface area contributed by atoms with E-state index in [9.17, 15) is 62.6 Å². The van der Waals surface area contributed by atoms with Crippen LogP contribution in [0.4, 0.5) is 0 Å². The largest absolute Gasteiger partial charge is 0.394 e. The van der Waals surface area contributed by atoms with Crippen LogP contribution in [0.5, 0.6) is 0 Å². The first-order valence-electron chi connectivity index (χ1n) is 43.8. The van der Waals surface area contributed by atoms with E-state index in [0.29, 0.717) is 69.9 Å². The van der Waals surface area contributed by atoms with Crippen molar-refractivity contribution in [2.24, 2.45) is 23.1 Å². The van der Waals surface area contributed by atoms with Crippen molar-refractivity contribution in [3.63, 3.8) is 0 Å². The summed E-state index contributed by atoms with van der Waals surface area (Å²) in [5.41, 5.74) is 20.0. The van der Waals surface area contributed by atoms with Gasteiger partial charge in [0.15, 0.2) is 5.96 Å². The Bertz CT molecular complexity index is 5010. The van der Waals surface area contributed by atoms with Crippen molar-refractivity contribution in [2.45, 2.75) is 203 Å². The molecule has 22 N–H and O–H groups in total. The number of benzene rings is 3. The molecule has 17 amide bonds. The molecule has 2 fully saturated rings. The third-order valence-electron chi connectivity index (χ3n) is 22.6. The van der Waals surface area contributed by atoms with Gasteiger partial charge in [-0.05, 0) is 79.7 Å². The third-order valence-corrected chi connectivity index (χ3v) is 23.6. The van der Waals surface area contributed by atoms with Gasteiger partial charge in [0, 0.05) is 119 Å². The maximum atomic E-state index is 15.7. The molecule has 5 heterocycles. The molecule has 0 radical (unpaired) electrons. The lowest BCUT2D eigenvalue weighted by molar-refractivity contribution is -0.149. The van der Waals surface area contributed by atoms with Gasteiger partial charge in [0.2, 0.25) is 100 Å². The summed E-state index contributed by atoms with van der Waals surface area (Å²) in [7, 11) is 5.23. The van der Waals surface area contributed by atoms with Gasteiger partial charge in [-0.2, -0.15) is 0 Å². The summed E-state index contributed by atoms with van der Waals surface area (Å²) in [5.74, 6) is -17.1. The van der Waals surface area contributed by atoms with Crippen molar-refractivity contribution in [1.29, 1.82) is 5.41 Å². The first-order chi connectivity index (χ1) is 62.5. The number of thioether (sulfide) groups is 1. The highest BCUT2D eigenvalue weighted by Crippen LogP contribution is 2.26. The van der Waals surface area contributed by atoms with Crippen LogP contribution >= 0.6 is 11.8 Å². The van der Waals surface area contributed by atoms with Crippen molar-refractivity contribution in [2.75, 3.05) is 79.0 Å². The molecule has 3 aromatic heterocycles. The molecule has 0 unspecified atom stereocenters. The second kappa shape index (κ2) is 50.5. The number of primary amides is 2. The predicted octanol–water partition coefficient (Wildman–Crippen LogP) is -2.53. The van der Waals surface area contributed by atoms with Crippen molar-refractivity contribution in [1.82, 2.24) is 103 Å². The second-order valence-electron chi connectivity index (χ2n) is 33.3. The van der Waals surface area contributed by atoms with E-state index >= 15 is 24.0 Å². The number of nitrogens with zero attached hydrogens (tertiary/aromatic N) is 6. The van der Waals surface area contributed by atoms with E-state index in [0.717, 1.165) is 36.3 Å². The summed E-state index contributed by atoms with van der Waals surface area (Å²) < 4.78 is 0. The molecule has 2 aliphatic heterocycles. The zero-order chi connectivity index (χ0) is 95.7. The topological polar surface area (TPSA) is 621 Å². The van der Waals surface area contributed by atoms with Crippen LogP contribution in [0.1, 0.15) is 127 Å². The smallest absolute Gasteiger partial charge is 0.246 e. The van der Waals surface area contributed by atoms with Gasteiger partial charge in [0.25, 0.3) is 0 Å². The predicted molar refractivity (Wildman–Crippen MR) is 485 cm³/mol. The van der Waals surface area contributed by atoms with E-state index in [2.05, 4.69) is 78.4 Å². The Kier molecular flexibility index (Phi) is 39.6. The van der Waals surface area contributed by atoms with E-state index in [1.807, 2.05) is 13.8 Å². The number of carbonyl (C=O) groups excluding carboxylic acids is 17. The summed E-state index contributed by atoms with van der Waals surface area (Å²) in [4.78, 5) is 266. The molecule has 42 nitrogen and oxygen atoms in total. The molecule has 710 valence electrons. The fourth-order valence-electron chi connectivity index (χ4n) is 15.7. The van der Waals surface area contributed by atoms with Gasteiger partial charge in [0.1, 0.15) is 72.5 Å². The molecule has 0 bridgehead atoms. The number of aromatic amines is 3. The van der Waals surface area contributed by atoms with Crippen molar-refractivity contribution in [3.8, 4) is 0 Å². The van der Waals surface area contributed by atoms with E-state index < -0.39 is 223 Å². The number of imidazole rings is 1. The number of guanidine groups is 1. The SMILES string of the molecule is CCCC[C@H]1C(=O)N(C)[C@@H](CCCC)C(=O)N[C@@H](CCCNC(=N)N)C(=O)N[C@H](C(=O)NCC(N)=O)CSCC(=O)N[C@@H](Cc2ccccc2)C(=O)N(C)CC(=O)N[C@@H](CC(N)=O)C(=O)N2CCC[C@H]2C(=O)N[C@@H](Cc2cnc[nH]2)C(=O)N[C@@H](CC(C)C)C(=O)N(C)CC(=O)N[C@@H](Cc2c[nH]c3ccccc23)C(=O)N[C@@H](CO)C(=O)N[C@@H](Cc2c[nH]c3ccccc23)C(=O)N1C. The van der Waals surface area contributed by atoms with Crippen molar-refractivity contribution in [3.05, 3.63) is 126 Å². The molecule has 2 saturated heterocycles. The molecule has 3 aromatic carbocycles. The zero-order valence-electron chi connectivity index (χ0n) is 75.0.